The van der Waals surface area contributed by atoms with Gasteiger partial charge in [0.1, 0.15) is 0 Å². The maximum Gasteiger partial charge on any atom is 0.231 e. The van der Waals surface area contributed by atoms with Crippen LogP contribution in [-0.4, -0.2) is 45.7 Å². The monoisotopic (exact) mass is 402 g/mol. The predicted octanol–water partition coefficient (Wildman–Crippen LogP) is 2.15. The Kier molecular flexibility index (Phi) is 6.17. The van der Waals surface area contributed by atoms with Crippen molar-refractivity contribution in [3.05, 3.63) is 65.2 Å². The van der Waals surface area contributed by atoms with Crippen LogP contribution < -0.4 is 9.62 Å². The third kappa shape index (κ3) is 4.60. The van der Waals surface area contributed by atoms with Crippen LogP contribution in [0.1, 0.15) is 34.0 Å². The number of sulfonamides is 1. The number of aryl methyl sites for hydroxylation is 1. The molecular weight excluding hydrogens is 376 g/mol. The summed E-state index contributed by atoms with van der Waals surface area (Å²) in [6, 6.07) is 14.5. The fraction of sp³-hybridized carbons (Fsp3) is 0.381. The van der Waals surface area contributed by atoms with E-state index in [4.69, 9.17) is 0 Å². The summed E-state index contributed by atoms with van der Waals surface area (Å²) in [5.41, 5.74) is 3.16. The highest BCUT2D eigenvalue weighted by Gasteiger charge is 2.26. The number of Topliss-reactive ketones (excluding diaryl/α,β-unsaturated/α-hetero) is 1. The molecule has 0 radical (unpaired) electrons. The van der Waals surface area contributed by atoms with E-state index in [1.807, 2.05) is 24.3 Å². The fourth-order valence-corrected chi connectivity index (χ4v) is 3.97. The molecular formula is C21H26N2O4S. The first kappa shape index (κ1) is 20.5. The van der Waals surface area contributed by atoms with E-state index in [0.717, 1.165) is 30.2 Å². The quantitative estimate of drug-likeness (QED) is 0.741. The summed E-state index contributed by atoms with van der Waals surface area (Å²) >= 11 is 0. The van der Waals surface area contributed by atoms with Crippen LogP contribution in [0.15, 0.2) is 48.5 Å². The Morgan fingerprint density at radius 2 is 1.86 bits per heavy atom. The Morgan fingerprint density at radius 3 is 2.54 bits per heavy atom. The normalized spacial score (nSPS) is 17.8. The zero-order valence-electron chi connectivity index (χ0n) is 16.1. The molecule has 6 nitrogen and oxygen atoms in total. The molecule has 1 aliphatic rings. The second-order valence-electron chi connectivity index (χ2n) is 7.25. The van der Waals surface area contributed by atoms with Crippen molar-refractivity contribution in [2.75, 3.05) is 30.7 Å². The second-order valence-corrected chi connectivity index (χ2v) is 9.27. The van der Waals surface area contributed by atoms with E-state index in [1.54, 1.807) is 24.3 Å². The molecule has 28 heavy (non-hydrogen) atoms. The van der Waals surface area contributed by atoms with Crippen LogP contribution in [0.5, 0.6) is 0 Å². The number of aliphatic hydroxyl groups excluding tert-OH is 1. The van der Waals surface area contributed by atoms with Gasteiger partial charge >= 0.3 is 0 Å². The van der Waals surface area contributed by atoms with Gasteiger partial charge in [-0.1, -0.05) is 36.4 Å². The number of aliphatic hydroxyl groups is 1. The molecule has 1 aliphatic carbocycles. The van der Waals surface area contributed by atoms with Crippen molar-refractivity contribution in [2.45, 2.75) is 18.9 Å². The fourth-order valence-electron chi connectivity index (χ4n) is 3.46. The van der Waals surface area contributed by atoms with Crippen LogP contribution in [0, 0.1) is 5.92 Å². The number of hydrogen-bond donors (Lipinski definition) is 2. The minimum absolute atomic E-state index is 0.0760. The molecule has 0 fully saturated rings. The zero-order chi connectivity index (χ0) is 20.3. The highest BCUT2D eigenvalue weighted by atomic mass is 32.2. The first-order valence-corrected chi connectivity index (χ1v) is 11.2. The van der Waals surface area contributed by atoms with E-state index < -0.39 is 16.1 Å². The minimum atomic E-state index is -3.32. The first-order valence-electron chi connectivity index (χ1n) is 9.32. The summed E-state index contributed by atoms with van der Waals surface area (Å²) in [6.45, 7) is 0.853. The Labute approximate surface area is 166 Å². The SMILES string of the molecule is CN(c1ccc(C(O)CNCC2CCc3ccccc3C2=O)cc1)S(C)(=O)=O. The van der Waals surface area contributed by atoms with Gasteiger partial charge in [-0.2, -0.15) is 0 Å². The van der Waals surface area contributed by atoms with Gasteiger partial charge in [0.15, 0.2) is 5.78 Å². The van der Waals surface area contributed by atoms with Gasteiger partial charge < -0.3 is 10.4 Å². The summed E-state index contributed by atoms with van der Waals surface area (Å²) in [5, 5.41) is 13.6. The average molecular weight is 403 g/mol. The Balaban J connectivity index is 1.54. The topological polar surface area (TPSA) is 86.7 Å². The summed E-state index contributed by atoms with van der Waals surface area (Å²) < 4.78 is 24.4. The smallest absolute Gasteiger partial charge is 0.231 e. The molecule has 0 bridgehead atoms. The molecule has 2 atom stereocenters. The molecule has 0 heterocycles. The van der Waals surface area contributed by atoms with Crippen molar-refractivity contribution in [3.63, 3.8) is 0 Å². The van der Waals surface area contributed by atoms with Crippen molar-refractivity contribution >= 4 is 21.5 Å². The number of carbonyl (C=O) groups excluding carboxylic acids is 1. The summed E-state index contributed by atoms with van der Waals surface area (Å²) in [6.07, 6.45) is 2.12. The van der Waals surface area contributed by atoms with Crippen molar-refractivity contribution in [1.82, 2.24) is 5.32 Å². The molecule has 0 aromatic heterocycles. The number of anilines is 1. The lowest BCUT2D eigenvalue weighted by Crippen LogP contribution is -2.34. The highest BCUT2D eigenvalue weighted by Crippen LogP contribution is 2.25. The number of nitrogens with zero attached hydrogens (tertiary/aromatic N) is 1. The number of fused-ring (bicyclic) bond motifs is 1. The van der Waals surface area contributed by atoms with E-state index in [1.165, 1.54) is 11.4 Å². The van der Waals surface area contributed by atoms with Crippen LogP contribution in [-0.2, 0) is 16.4 Å². The summed E-state index contributed by atoms with van der Waals surface area (Å²) in [7, 11) is -1.83. The minimum Gasteiger partial charge on any atom is -0.387 e. The largest absolute Gasteiger partial charge is 0.387 e. The standard InChI is InChI=1S/C21H26N2O4S/c1-23(28(2,26)27)18-11-9-16(10-12-18)20(24)14-22-13-17-8-7-15-5-3-4-6-19(15)21(17)25/h3-6,9-12,17,20,22,24H,7-8,13-14H2,1-2H3. The van der Waals surface area contributed by atoms with Gasteiger partial charge in [-0.05, 0) is 36.1 Å². The number of benzene rings is 2. The van der Waals surface area contributed by atoms with Crippen LogP contribution in [0.2, 0.25) is 0 Å². The van der Waals surface area contributed by atoms with Gasteiger partial charge in [0, 0.05) is 31.6 Å². The van der Waals surface area contributed by atoms with Gasteiger partial charge in [0.25, 0.3) is 0 Å². The van der Waals surface area contributed by atoms with Gasteiger partial charge in [-0.3, -0.25) is 9.10 Å². The molecule has 2 N–H and O–H groups in total. The molecule has 0 spiro atoms. The molecule has 0 aliphatic heterocycles. The average Bonchev–Trinajstić information content (AvgIpc) is 2.68. The molecule has 2 aromatic rings. The van der Waals surface area contributed by atoms with Crippen molar-refractivity contribution in [1.29, 1.82) is 0 Å². The van der Waals surface area contributed by atoms with Gasteiger partial charge in [-0.15, -0.1) is 0 Å². The molecule has 7 heteroatoms. The Bertz CT molecular complexity index is 941. The third-order valence-electron chi connectivity index (χ3n) is 5.28. The zero-order valence-corrected chi connectivity index (χ0v) is 16.9. The van der Waals surface area contributed by atoms with E-state index in [0.29, 0.717) is 24.3 Å². The maximum absolute atomic E-state index is 12.6. The number of hydrogen-bond acceptors (Lipinski definition) is 5. The van der Waals surface area contributed by atoms with Gasteiger partial charge in [-0.25, -0.2) is 8.42 Å². The number of rotatable bonds is 7. The van der Waals surface area contributed by atoms with E-state index in [-0.39, 0.29) is 11.7 Å². The molecule has 0 saturated heterocycles. The molecule has 0 amide bonds. The lowest BCUT2D eigenvalue weighted by Gasteiger charge is -2.24. The summed E-state index contributed by atoms with van der Waals surface area (Å²) in [5.74, 6) is 0.0879. The van der Waals surface area contributed by atoms with Crippen LogP contribution in [0.3, 0.4) is 0 Å². The second kappa shape index (κ2) is 8.43. The Morgan fingerprint density at radius 1 is 1.18 bits per heavy atom. The molecule has 2 aromatic carbocycles. The molecule has 150 valence electrons. The predicted molar refractivity (Wildman–Crippen MR) is 110 cm³/mol. The van der Waals surface area contributed by atoms with E-state index >= 15 is 0 Å². The van der Waals surface area contributed by atoms with E-state index in [9.17, 15) is 18.3 Å². The summed E-state index contributed by atoms with van der Waals surface area (Å²) in [4.78, 5) is 12.6. The van der Waals surface area contributed by atoms with Crippen molar-refractivity contribution in [2.24, 2.45) is 5.92 Å². The Hall–Kier alpha value is -2.22. The van der Waals surface area contributed by atoms with Crippen molar-refractivity contribution in [3.8, 4) is 0 Å². The molecule has 0 saturated carbocycles. The lowest BCUT2D eigenvalue weighted by atomic mass is 9.83. The lowest BCUT2D eigenvalue weighted by molar-refractivity contribution is 0.0895. The van der Waals surface area contributed by atoms with Gasteiger partial charge in [0.05, 0.1) is 18.0 Å². The molecule has 3 rings (SSSR count). The maximum atomic E-state index is 12.6. The van der Waals surface area contributed by atoms with Gasteiger partial charge in [0.2, 0.25) is 10.0 Å². The third-order valence-corrected chi connectivity index (χ3v) is 6.49. The van der Waals surface area contributed by atoms with Crippen molar-refractivity contribution < 1.29 is 18.3 Å². The molecule has 2 unspecified atom stereocenters. The van der Waals surface area contributed by atoms with Crippen LogP contribution in [0.25, 0.3) is 0 Å². The first-order chi connectivity index (χ1) is 13.3. The van der Waals surface area contributed by atoms with Crippen LogP contribution in [0.4, 0.5) is 5.69 Å². The number of carbonyl (C=O) groups is 1. The number of nitrogens with one attached hydrogen (secondary N) is 1. The van der Waals surface area contributed by atoms with E-state index in [2.05, 4.69) is 5.32 Å². The highest BCUT2D eigenvalue weighted by molar-refractivity contribution is 7.92. The van der Waals surface area contributed by atoms with Crippen LogP contribution >= 0.6 is 0 Å². The number of ketones is 1.